The number of aliphatic imine (C=N–C) groups is 1. The third-order valence-corrected chi connectivity index (χ3v) is 3.95. The number of carbonyl (C=O) groups excluding carboxylic acids is 1. The number of carbonyl (C=O) groups is 1. The lowest BCUT2D eigenvalue weighted by Gasteiger charge is -2.32. The van der Waals surface area contributed by atoms with Crippen LogP contribution in [0, 0.1) is 0 Å². The number of hydrogen-bond donors (Lipinski definition) is 1. The highest BCUT2D eigenvalue weighted by atomic mass is 16.6. The minimum atomic E-state index is -0.305. The van der Waals surface area contributed by atoms with Crippen LogP contribution in [0.3, 0.4) is 0 Å². The maximum absolute atomic E-state index is 11.6. The van der Waals surface area contributed by atoms with E-state index < -0.39 is 0 Å². The Labute approximate surface area is 109 Å². The monoisotopic (exact) mass is 253 g/mol. The van der Waals surface area contributed by atoms with Crippen LogP contribution in [0.5, 0.6) is 0 Å². The van der Waals surface area contributed by atoms with Crippen LogP contribution in [-0.4, -0.2) is 44.5 Å². The second-order valence-electron chi connectivity index (χ2n) is 5.84. The number of ether oxygens (including phenoxy) is 1. The number of nitrogens with zero attached hydrogens (tertiary/aromatic N) is 1. The second kappa shape index (κ2) is 5.83. The van der Waals surface area contributed by atoms with Gasteiger partial charge in [0.05, 0.1) is 32.8 Å². The van der Waals surface area contributed by atoms with E-state index in [4.69, 9.17) is 4.74 Å². The van der Waals surface area contributed by atoms with Gasteiger partial charge in [-0.05, 0) is 25.7 Å². The normalized spacial score (nSPS) is 25.1. The molecule has 1 saturated carbocycles. The van der Waals surface area contributed by atoms with Gasteiger partial charge >= 0.3 is 5.97 Å². The van der Waals surface area contributed by atoms with Crippen LogP contribution in [0.2, 0.25) is 0 Å². The van der Waals surface area contributed by atoms with E-state index in [-0.39, 0.29) is 11.6 Å². The molecule has 0 atom stereocenters. The van der Waals surface area contributed by atoms with Gasteiger partial charge in [-0.2, -0.15) is 0 Å². The summed E-state index contributed by atoms with van der Waals surface area (Å²) in [4.78, 5) is 17.7. The molecule has 0 bridgehead atoms. The number of esters is 1. The highest BCUT2D eigenvalue weighted by Crippen LogP contribution is 2.38. The van der Waals surface area contributed by atoms with Crippen molar-refractivity contribution in [1.29, 1.82) is 0 Å². The largest absolute Gasteiger partial charge is 0.453 e. The zero-order chi connectivity index (χ0) is 13.0. The topological polar surface area (TPSA) is 43.1 Å². The van der Waals surface area contributed by atoms with Crippen molar-refractivity contribution >= 4 is 11.7 Å². The smallest absolute Gasteiger partial charge is 0.312 e. The van der Waals surface area contributed by atoms with Crippen molar-refractivity contribution in [3.63, 3.8) is 0 Å². The zero-order valence-electron chi connectivity index (χ0n) is 11.6. The first kappa shape index (κ1) is 13.5. The molecule has 1 heterocycles. The molecule has 1 aliphatic heterocycles. The van der Waals surface area contributed by atoms with E-state index in [0.29, 0.717) is 6.42 Å². The Morgan fingerprint density at radius 1 is 1.28 bits per heavy atom. The van der Waals surface area contributed by atoms with Crippen LogP contribution < -0.4 is 4.90 Å². The predicted octanol–water partition coefficient (Wildman–Crippen LogP) is 0.612. The number of rotatable bonds is 4. The van der Waals surface area contributed by atoms with Crippen LogP contribution in [0.1, 0.15) is 44.9 Å². The molecule has 0 amide bonds. The van der Waals surface area contributed by atoms with Crippen molar-refractivity contribution in [3.05, 3.63) is 0 Å². The fourth-order valence-corrected chi connectivity index (χ4v) is 2.97. The molecule has 0 unspecified atom stereocenters. The average Bonchev–Trinajstić information content (AvgIpc) is 2.62. The highest BCUT2D eigenvalue weighted by molar-refractivity contribution is 6.09. The van der Waals surface area contributed by atoms with E-state index >= 15 is 0 Å². The minimum Gasteiger partial charge on any atom is -0.453 e. The lowest BCUT2D eigenvalue weighted by atomic mass is 9.81. The standard InChI is InChI=1S/C14H24N2O2/c1-16(2)10-6-9-15-12-11-13(17)18-14(12)7-4-3-5-8-14/h3-11H2,1-2H3/p+1. The van der Waals surface area contributed by atoms with Crippen molar-refractivity contribution in [3.8, 4) is 0 Å². The van der Waals surface area contributed by atoms with Gasteiger partial charge in [0, 0.05) is 13.0 Å². The number of nitrogens with one attached hydrogen (secondary N) is 1. The van der Waals surface area contributed by atoms with Gasteiger partial charge in [0.1, 0.15) is 0 Å². The van der Waals surface area contributed by atoms with Gasteiger partial charge in [0.25, 0.3) is 0 Å². The molecule has 4 nitrogen and oxygen atoms in total. The van der Waals surface area contributed by atoms with Crippen molar-refractivity contribution in [2.75, 3.05) is 27.2 Å². The molecule has 1 N–H and O–H groups in total. The predicted molar refractivity (Wildman–Crippen MR) is 71.1 cm³/mol. The van der Waals surface area contributed by atoms with Crippen molar-refractivity contribution in [2.45, 2.75) is 50.5 Å². The summed E-state index contributed by atoms with van der Waals surface area (Å²) in [5.41, 5.74) is 0.723. The molecule has 0 aromatic rings. The van der Waals surface area contributed by atoms with Gasteiger partial charge in [-0.3, -0.25) is 9.79 Å². The van der Waals surface area contributed by atoms with Crippen molar-refractivity contribution in [2.24, 2.45) is 4.99 Å². The van der Waals surface area contributed by atoms with Crippen molar-refractivity contribution in [1.82, 2.24) is 0 Å². The third kappa shape index (κ3) is 3.10. The molecule has 1 spiro atoms. The van der Waals surface area contributed by atoms with Crippen LogP contribution in [0.25, 0.3) is 0 Å². The molecule has 0 aromatic heterocycles. The summed E-state index contributed by atoms with van der Waals surface area (Å²) < 4.78 is 5.61. The fourth-order valence-electron chi connectivity index (χ4n) is 2.97. The molecule has 4 heteroatoms. The van der Waals surface area contributed by atoms with Crippen LogP contribution in [-0.2, 0) is 9.53 Å². The maximum atomic E-state index is 11.6. The van der Waals surface area contributed by atoms with E-state index in [1.165, 1.54) is 11.3 Å². The Morgan fingerprint density at radius 2 is 2.00 bits per heavy atom. The Balaban J connectivity index is 1.96. The van der Waals surface area contributed by atoms with E-state index in [0.717, 1.165) is 50.9 Å². The van der Waals surface area contributed by atoms with E-state index in [9.17, 15) is 4.79 Å². The maximum Gasteiger partial charge on any atom is 0.312 e. The first-order chi connectivity index (χ1) is 8.62. The first-order valence-electron chi connectivity index (χ1n) is 7.17. The first-order valence-corrected chi connectivity index (χ1v) is 7.17. The summed E-state index contributed by atoms with van der Waals surface area (Å²) in [5.74, 6) is -0.0751. The van der Waals surface area contributed by atoms with Crippen LogP contribution >= 0.6 is 0 Å². The Kier molecular flexibility index (Phi) is 4.38. The number of quaternary nitrogens is 1. The van der Waals surface area contributed by atoms with E-state index in [1.54, 1.807) is 0 Å². The van der Waals surface area contributed by atoms with Crippen LogP contribution in [0.15, 0.2) is 4.99 Å². The second-order valence-corrected chi connectivity index (χ2v) is 5.84. The summed E-state index contributed by atoms with van der Waals surface area (Å²) in [6.45, 7) is 1.96. The van der Waals surface area contributed by atoms with Crippen molar-refractivity contribution < 1.29 is 14.4 Å². The number of hydrogen-bond acceptors (Lipinski definition) is 3. The minimum absolute atomic E-state index is 0.0751. The zero-order valence-corrected chi connectivity index (χ0v) is 11.6. The highest BCUT2D eigenvalue weighted by Gasteiger charge is 2.46. The van der Waals surface area contributed by atoms with Gasteiger partial charge in [0.15, 0.2) is 5.60 Å². The van der Waals surface area contributed by atoms with E-state index in [1.807, 2.05) is 0 Å². The molecule has 1 aliphatic carbocycles. The summed E-state index contributed by atoms with van der Waals surface area (Å²) in [5, 5.41) is 0. The summed E-state index contributed by atoms with van der Waals surface area (Å²) in [7, 11) is 4.30. The molecule has 2 fully saturated rings. The lowest BCUT2D eigenvalue weighted by molar-refractivity contribution is -0.858. The molecule has 1 saturated heterocycles. The summed E-state index contributed by atoms with van der Waals surface area (Å²) in [6.07, 6.45) is 7.05. The molecule has 18 heavy (non-hydrogen) atoms. The Morgan fingerprint density at radius 3 is 2.67 bits per heavy atom. The van der Waals surface area contributed by atoms with Gasteiger partial charge in [-0.15, -0.1) is 0 Å². The lowest BCUT2D eigenvalue weighted by Crippen LogP contribution is -3.05. The summed E-state index contributed by atoms with van der Waals surface area (Å²) >= 11 is 0. The molecule has 2 aliphatic rings. The van der Waals surface area contributed by atoms with Gasteiger partial charge in [0.2, 0.25) is 0 Å². The molecule has 102 valence electrons. The summed E-state index contributed by atoms with van der Waals surface area (Å²) in [6, 6.07) is 0. The quantitative estimate of drug-likeness (QED) is 0.589. The molecular weight excluding hydrogens is 228 g/mol. The average molecular weight is 253 g/mol. The molecule has 0 radical (unpaired) electrons. The SMILES string of the molecule is C[NH+](C)CCCN=C1CC(=O)OC12CCCCC2. The van der Waals surface area contributed by atoms with Gasteiger partial charge < -0.3 is 9.64 Å². The third-order valence-electron chi connectivity index (χ3n) is 3.95. The molecule has 0 aromatic carbocycles. The Hall–Kier alpha value is -0.900. The Bertz CT molecular complexity index is 331. The molecule has 2 rings (SSSR count). The fraction of sp³-hybridized carbons (Fsp3) is 0.857. The van der Waals surface area contributed by atoms with Gasteiger partial charge in [-0.25, -0.2) is 0 Å². The van der Waals surface area contributed by atoms with Crippen LogP contribution in [0.4, 0.5) is 0 Å². The van der Waals surface area contributed by atoms with Gasteiger partial charge in [-0.1, -0.05) is 6.42 Å². The molecular formula is C14H25N2O2+. The van der Waals surface area contributed by atoms with E-state index in [2.05, 4.69) is 19.1 Å².